The number of esters is 1. The van der Waals surface area contributed by atoms with Gasteiger partial charge in [-0.3, -0.25) is 9.69 Å². The van der Waals surface area contributed by atoms with Crippen molar-refractivity contribution < 1.29 is 19.1 Å². The zero-order chi connectivity index (χ0) is 26.7. The van der Waals surface area contributed by atoms with Crippen LogP contribution in [-0.2, 0) is 21.6 Å². The Kier molecular flexibility index (Phi) is 7.25. The smallest absolute Gasteiger partial charge is 0.338 e. The second-order valence-corrected chi connectivity index (χ2v) is 11.2. The molecule has 0 bridgehead atoms. The van der Waals surface area contributed by atoms with Crippen LogP contribution in [0, 0.1) is 0 Å². The van der Waals surface area contributed by atoms with Gasteiger partial charge < -0.3 is 9.47 Å². The van der Waals surface area contributed by atoms with Crippen LogP contribution < -0.4 is 9.64 Å². The van der Waals surface area contributed by atoms with Gasteiger partial charge in [-0.1, -0.05) is 81.1 Å². The molecule has 1 aliphatic heterocycles. The van der Waals surface area contributed by atoms with E-state index in [1.54, 1.807) is 28.8 Å². The summed E-state index contributed by atoms with van der Waals surface area (Å²) < 4.78 is 11.3. The predicted molar refractivity (Wildman–Crippen MR) is 150 cm³/mol. The number of carbonyl (C=O) groups excluding carboxylic acids is 2. The molecule has 0 aromatic heterocycles. The predicted octanol–water partition coefficient (Wildman–Crippen LogP) is 7.55. The maximum atomic E-state index is 13.2. The maximum absolute atomic E-state index is 13.2. The molecule has 5 nitrogen and oxygen atoms in total. The zero-order valence-electron chi connectivity index (χ0n) is 21.6. The van der Waals surface area contributed by atoms with Gasteiger partial charge in [-0.2, -0.15) is 0 Å². The molecule has 5 rings (SSSR count). The largest absolute Gasteiger partial charge is 0.489 e. The van der Waals surface area contributed by atoms with Gasteiger partial charge in [0.05, 0.1) is 16.9 Å². The summed E-state index contributed by atoms with van der Waals surface area (Å²) in [7, 11) is 0. The Balaban J connectivity index is 1.19. The number of nitrogens with zero attached hydrogens (tertiary/aromatic N) is 1. The summed E-state index contributed by atoms with van der Waals surface area (Å²) in [5.41, 5.74) is 4.22. The fraction of sp³-hybridized carbons (Fsp3) is 0.188. The molecule has 0 unspecified atom stereocenters. The van der Waals surface area contributed by atoms with Crippen molar-refractivity contribution in [3.05, 3.63) is 114 Å². The molecule has 1 aliphatic rings. The first-order chi connectivity index (χ1) is 18.3. The van der Waals surface area contributed by atoms with E-state index in [1.807, 2.05) is 72.8 Å². The Bertz CT molecular complexity index is 1410. The summed E-state index contributed by atoms with van der Waals surface area (Å²) in [5, 5.41) is 0. The van der Waals surface area contributed by atoms with Gasteiger partial charge in [-0.05, 0) is 65.1 Å². The number of amides is 1. The number of para-hydroxylation sites is 2. The second kappa shape index (κ2) is 10.8. The molecule has 192 valence electrons. The van der Waals surface area contributed by atoms with Crippen LogP contribution in [0.15, 0.2) is 107 Å². The third-order valence-electron chi connectivity index (χ3n) is 6.32. The Morgan fingerprint density at radius 2 is 1.34 bits per heavy atom. The molecule has 0 spiro atoms. The number of hydrogen-bond acceptors (Lipinski definition) is 5. The van der Waals surface area contributed by atoms with E-state index in [1.165, 1.54) is 5.56 Å². The van der Waals surface area contributed by atoms with Crippen molar-refractivity contribution in [1.82, 2.24) is 0 Å². The van der Waals surface area contributed by atoms with E-state index in [-0.39, 0.29) is 17.9 Å². The van der Waals surface area contributed by atoms with Gasteiger partial charge in [-0.25, -0.2) is 4.79 Å². The van der Waals surface area contributed by atoms with Gasteiger partial charge in [0.1, 0.15) is 12.4 Å². The molecule has 4 aromatic rings. The molecule has 4 aromatic carbocycles. The summed E-state index contributed by atoms with van der Waals surface area (Å²) in [6.45, 7) is 6.55. The molecular weight excluding hydrogens is 494 g/mol. The minimum atomic E-state index is -0.545. The lowest BCUT2D eigenvalue weighted by Crippen LogP contribution is -2.32. The highest BCUT2D eigenvalue weighted by molar-refractivity contribution is 7.99. The summed E-state index contributed by atoms with van der Waals surface area (Å²) in [6.07, 6.45) is 0. The van der Waals surface area contributed by atoms with Gasteiger partial charge in [-0.15, -0.1) is 0 Å². The van der Waals surface area contributed by atoms with Crippen molar-refractivity contribution in [3.63, 3.8) is 0 Å². The molecule has 0 atom stereocenters. The van der Waals surface area contributed by atoms with E-state index in [9.17, 15) is 9.59 Å². The molecule has 6 heteroatoms. The number of anilines is 2. The van der Waals surface area contributed by atoms with Crippen LogP contribution in [0.3, 0.4) is 0 Å². The molecule has 0 fully saturated rings. The molecule has 0 saturated heterocycles. The number of ether oxygens (including phenoxy) is 2. The van der Waals surface area contributed by atoms with Gasteiger partial charge in [0.25, 0.3) is 5.91 Å². The number of hydrogen-bond donors (Lipinski definition) is 0. The molecule has 1 heterocycles. The van der Waals surface area contributed by atoms with Crippen molar-refractivity contribution in [2.75, 3.05) is 11.5 Å². The first-order valence-corrected chi connectivity index (χ1v) is 13.3. The lowest BCUT2D eigenvalue weighted by molar-refractivity contribution is -0.121. The third-order valence-corrected chi connectivity index (χ3v) is 7.45. The van der Waals surface area contributed by atoms with Crippen LogP contribution in [0.25, 0.3) is 0 Å². The molecule has 38 heavy (non-hydrogen) atoms. The molecular formula is C32H29NO4S. The van der Waals surface area contributed by atoms with Gasteiger partial charge in [0.15, 0.2) is 6.61 Å². The Morgan fingerprint density at radius 1 is 0.763 bits per heavy atom. The average Bonchev–Trinajstić information content (AvgIpc) is 2.93. The van der Waals surface area contributed by atoms with Gasteiger partial charge in [0, 0.05) is 9.79 Å². The van der Waals surface area contributed by atoms with Crippen LogP contribution >= 0.6 is 11.8 Å². The Labute approximate surface area is 227 Å². The summed E-state index contributed by atoms with van der Waals surface area (Å²) >= 11 is 1.62. The molecule has 0 aliphatic carbocycles. The zero-order valence-corrected chi connectivity index (χ0v) is 22.5. The van der Waals surface area contributed by atoms with Gasteiger partial charge >= 0.3 is 5.97 Å². The number of rotatable bonds is 6. The number of fused-ring (bicyclic) bond motifs is 2. The Morgan fingerprint density at radius 3 is 1.92 bits per heavy atom. The molecule has 0 saturated carbocycles. The molecule has 0 radical (unpaired) electrons. The lowest BCUT2D eigenvalue weighted by atomic mass is 9.87. The fourth-order valence-electron chi connectivity index (χ4n) is 4.20. The monoisotopic (exact) mass is 523 g/mol. The van der Waals surface area contributed by atoms with Crippen LogP contribution in [-0.4, -0.2) is 18.5 Å². The number of benzene rings is 4. The summed E-state index contributed by atoms with van der Waals surface area (Å²) in [4.78, 5) is 29.5. The highest BCUT2D eigenvalue weighted by Gasteiger charge is 2.28. The quantitative estimate of drug-likeness (QED) is 0.244. The Hall–Kier alpha value is -4.03. The van der Waals surface area contributed by atoms with Crippen LogP contribution in [0.1, 0.15) is 42.3 Å². The van der Waals surface area contributed by atoms with Crippen molar-refractivity contribution in [2.24, 2.45) is 0 Å². The highest BCUT2D eigenvalue weighted by atomic mass is 32.2. The standard InChI is InChI=1S/C32H29NO4S/c1-32(2,3)24-16-18-25(19-17-24)36-20-22-12-14-23(15-13-22)31(35)37-21-30(34)33-26-8-4-6-10-28(26)38-29-11-7-5-9-27(29)33/h4-19H,20-21H2,1-3H3. The van der Waals surface area contributed by atoms with Crippen molar-refractivity contribution >= 4 is 35.0 Å². The minimum absolute atomic E-state index is 0.0927. The highest BCUT2D eigenvalue weighted by Crippen LogP contribution is 2.47. The van der Waals surface area contributed by atoms with E-state index in [0.717, 1.165) is 32.5 Å². The van der Waals surface area contributed by atoms with E-state index in [4.69, 9.17) is 9.47 Å². The van der Waals surface area contributed by atoms with Crippen molar-refractivity contribution in [2.45, 2.75) is 42.6 Å². The lowest BCUT2D eigenvalue weighted by Gasteiger charge is -2.30. The van der Waals surface area contributed by atoms with E-state index in [0.29, 0.717) is 12.2 Å². The third kappa shape index (κ3) is 5.60. The van der Waals surface area contributed by atoms with E-state index < -0.39 is 5.97 Å². The number of carbonyl (C=O) groups is 2. The molecule has 0 N–H and O–H groups in total. The summed E-state index contributed by atoms with van der Waals surface area (Å²) in [6, 6.07) is 30.6. The normalized spacial score (nSPS) is 12.3. The van der Waals surface area contributed by atoms with Crippen LogP contribution in [0.2, 0.25) is 0 Å². The van der Waals surface area contributed by atoms with Crippen LogP contribution in [0.5, 0.6) is 5.75 Å². The van der Waals surface area contributed by atoms with Crippen molar-refractivity contribution in [3.8, 4) is 5.75 Å². The first-order valence-electron chi connectivity index (χ1n) is 12.5. The van der Waals surface area contributed by atoms with Crippen LogP contribution in [0.4, 0.5) is 11.4 Å². The van der Waals surface area contributed by atoms with Gasteiger partial charge in [0.2, 0.25) is 0 Å². The van der Waals surface area contributed by atoms with E-state index in [2.05, 4.69) is 32.9 Å². The topological polar surface area (TPSA) is 55.8 Å². The maximum Gasteiger partial charge on any atom is 0.338 e. The fourth-order valence-corrected chi connectivity index (χ4v) is 5.26. The minimum Gasteiger partial charge on any atom is -0.489 e. The van der Waals surface area contributed by atoms with Crippen molar-refractivity contribution in [1.29, 1.82) is 0 Å². The van der Waals surface area contributed by atoms with E-state index >= 15 is 0 Å². The SMILES string of the molecule is CC(C)(C)c1ccc(OCc2ccc(C(=O)OCC(=O)N3c4ccccc4Sc4ccccc43)cc2)cc1. The second-order valence-electron chi connectivity index (χ2n) is 10.1. The first kappa shape index (κ1) is 25.6. The average molecular weight is 524 g/mol. The molecule has 1 amide bonds. The summed E-state index contributed by atoms with van der Waals surface area (Å²) in [5.74, 6) is -0.0585.